The van der Waals surface area contributed by atoms with Crippen LogP contribution in [0.1, 0.15) is 62.1 Å². The minimum atomic E-state index is -1.46. The predicted octanol–water partition coefficient (Wildman–Crippen LogP) is 5.75. The van der Waals surface area contributed by atoms with Gasteiger partial charge in [-0.25, -0.2) is 14.6 Å². The third-order valence-corrected chi connectivity index (χ3v) is 9.28. The molecule has 294 valence electrons. The summed E-state index contributed by atoms with van der Waals surface area (Å²) in [5.74, 6) is -1.62. The van der Waals surface area contributed by atoms with Gasteiger partial charge in [-0.1, -0.05) is 105 Å². The number of fused-ring (bicyclic) bond motifs is 1. The number of nitrogens with zero attached hydrogens (tertiary/aromatic N) is 4. The lowest BCUT2D eigenvalue weighted by atomic mass is 10.0. The number of aromatic amines is 1. The van der Waals surface area contributed by atoms with Crippen molar-refractivity contribution in [3.05, 3.63) is 118 Å². The van der Waals surface area contributed by atoms with E-state index in [1.165, 1.54) is 0 Å². The van der Waals surface area contributed by atoms with Crippen LogP contribution >= 0.6 is 0 Å². The zero-order valence-corrected chi connectivity index (χ0v) is 31.4. The molecule has 2 unspecified atom stereocenters. The van der Waals surface area contributed by atoms with Gasteiger partial charge < -0.3 is 26.5 Å². The van der Waals surface area contributed by atoms with Gasteiger partial charge in [0.1, 0.15) is 6.04 Å². The lowest BCUT2D eigenvalue weighted by molar-refractivity contribution is -0.480. The van der Waals surface area contributed by atoms with Gasteiger partial charge in [0.05, 0.1) is 0 Å². The molecule has 4 amide bonds. The van der Waals surface area contributed by atoms with Gasteiger partial charge in [0, 0.05) is 60.5 Å². The smallest absolute Gasteiger partial charge is 0.405 e. The van der Waals surface area contributed by atoms with Crippen molar-refractivity contribution >= 4 is 34.9 Å². The van der Waals surface area contributed by atoms with Crippen LogP contribution in [-0.4, -0.2) is 92.2 Å². The zero-order valence-electron chi connectivity index (χ0n) is 31.4. The first-order valence-corrected chi connectivity index (χ1v) is 18.8. The Morgan fingerprint density at radius 1 is 0.873 bits per heavy atom. The number of nitro groups is 1. The number of hydrazine groups is 1. The second kappa shape index (κ2) is 21.7. The van der Waals surface area contributed by atoms with Gasteiger partial charge in [-0.15, -0.1) is 0 Å². The number of carbonyl (C=O) groups is 3. The monoisotopic (exact) mass is 755 g/mol. The van der Waals surface area contributed by atoms with Gasteiger partial charge in [0.15, 0.2) is 0 Å². The largest absolute Gasteiger partial charge is 0.465 e. The van der Waals surface area contributed by atoms with E-state index in [1.54, 1.807) is 30.3 Å². The Kier molecular flexibility index (Phi) is 16.5. The number of unbranched alkanes of at least 4 members (excludes halogenated alkanes) is 4. The number of carboxylic acid groups (broad SMARTS) is 1. The molecule has 0 fully saturated rings. The SMILES string of the molecule is CCCCCCN(Cc1ccccc1)CC(Cc1c[nH]c2ccccc12)NC(=O)N(C(=N)N)N(CCCC[N+](=O)[O-])C(=O)C(Cc1ccccc1)NC(=O)O. The van der Waals surface area contributed by atoms with Crippen molar-refractivity contribution < 1.29 is 24.4 Å². The summed E-state index contributed by atoms with van der Waals surface area (Å²) in [6.45, 7) is 3.37. The number of hydrogen-bond donors (Lipinski definition) is 6. The first-order valence-electron chi connectivity index (χ1n) is 18.8. The summed E-state index contributed by atoms with van der Waals surface area (Å²) in [4.78, 5) is 56.9. The maximum atomic E-state index is 14.4. The summed E-state index contributed by atoms with van der Waals surface area (Å²) >= 11 is 0. The van der Waals surface area contributed by atoms with Crippen LogP contribution in [0.3, 0.4) is 0 Å². The number of benzene rings is 3. The lowest BCUT2D eigenvalue weighted by Crippen LogP contribution is -2.63. The quantitative estimate of drug-likeness (QED) is 0.0202. The van der Waals surface area contributed by atoms with E-state index >= 15 is 0 Å². The van der Waals surface area contributed by atoms with Crippen molar-refractivity contribution in [2.24, 2.45) is 5.73 Å². The summed E-state index contributed by atoms with van der Waals surface area (Å²) in [5.41, 5.74) is 9.73. The maximum Gasteiger partial charge on any atom is 0.405 e. The Balaban J connectivity index is 1.68. The molecule has 0 aliphatic carbocycles. The molecule has 15 nitrogen and oxygen atoms in total. The molecule has 4 rings (SSSR count). The second-order valence-corrected chi connectivity index (χ2v) is 13.6. The predicted molar refractivity (Wildman–Crippen MR) is 212 cm³/mol. The molecule has 1 heterocycles. The fraction of sp³-hybridized carbons (Fsp3) is 0.400. The molecule has 4 aromatic rings. The number of nitrogens with one attached hydrogen (secondary N) is 4. The Bertz CT molecular complexity index is 1840. The number of H-pyrrole nitrogens is 1. The van der Waals surface area contributed by atoms with E-state index in [4.69, 9.17) is 11.1 Å². The van der Waals surface area contributed by atoms with E-state index in [0.717, 1.165) is 59.3 Å². The molecule has 0 bridgehead atoms. The molecule has 0 spiro atoms. The molecule has 0 radical (unpaired) electrons. The number of hydrogen-bond acceptors (Lipinski definition) is 7. The molecule has 0 aliphatic heterocycles. The van der Waals surface area contributed by atoms with E-state index in [1.807, 2.05) is 48.7 Å². The highest BCUT2D eigenvalue weighted by Crippen LogP contribution is 2.21. The number of urea groups is 1. The topological polar surface area (TPSA) is 214 Å². The van der Waals surface area contributed by atoms with E-state index < -0.39 is 41.0 Å². The minimum Gasteiger partial charge on any atom is -0.465 e. The average molecular weight is 756 g/mol. The van der Waals surface area contributed by atoms with Gasteiger partial charge in [0.25, 0.3) is 5.91 Å². The molecule has 55 heavy (non-hydrogen) atoms. The molecule has 15 heteroatoms. The van der Waals surface area contributed by atoms with E-state index in [2.05, 4.69) is 39.6 Å². The summed E-state index contributed by atoms with van der Waals surface area (Å²) in [5, 5.41) is 37.3. The molecule has 0 saturated carbocycles. The van der Waals surface area contributed by atoms with Gasteiger partial charge in [-0.05, 0) is 48.6 Å². The standard InChI is InChI=1S/C40H53N9O6/c1-2-3-4-13-22-46(28-31-18-9-6-10-19-31)29-33(26-32-27-43-35-21-12-11-20-34(32)35)44-39(51)49(38(41)42)47(23-14-15-24-48(54)55)37(50)36(45-40(52)53)25-30-16-7-5-8-17-30/h5-12,16-21,27,33,36,43,45H,2-4,13-15,22-26,28-29H2,1H3,(H3,41,42)(H,44,51)(H,52,53). The Labute approximate surface area is 321 Å². The highest BCUT2D eigenvalue weighted by molar-refractivity contribution is 5.97. The molecular formula is C40H53N9O6. The van der Waals surface area contributed by atoms with Crippen LogP contribution in [0.5, 0.6) is 0 Å². The van der Waals surface area contributed by atoms with E-state index in [0.29, 0.717) is 30.1 Å². The number of para-hydroxylation sites is 1. The highest BCUT2D eigenvalue weighted by Gasteiger charge is 2.35. The van der Waals surface area contributed by atoms with Gasteiger partial charge in [0.2, 0.25) is 12.5 Å². The number of aromatic nitrogens is 1. The third-order valence-electron chi connectivity index (χ3n) is 9.28. The number of amides is 4. The van der Waals surface area contributed by atoms with Crippen molar-refractivity contribution in [3.63, 3.8) is 0 Å². The lowest BCUT2D eigenvalue weighted by Gasteiger charge is -2.37. The fourth-order valence-electron chi connectivity index (χ4n) is 6.65. The van der Waals surface area contributed by atoms with Gasteiger partial charge in [-0.3, -0.25) is 25.2 Å². The van der Waals surface area contributed by atoms with Crippen molar-refractivity contribution in [2.45, 2.75) is 76.9 Å². The van der Waals surface area contributed by atoms with Gasteiger partial charge >= 0.3 is 12.1 Å². The third kappa shape index (κ3) is 13.4. The fourth-order valence-corrected chi connectivity index (χ4v) is 6.65. The molecular weight excluding hydrogens is 702 g/mol. The van der Waals surface area contributed by atoms with Crippen molar-refractivity contribution in [1.82, 2.24) is 30.5 Å². The summed E-state index contributed by atoms with van der Waals surface area (Å²) in [6.07, 6.45) is 5.15. The summed E-state index contributed by atoms with van der Waals surface area (Å²) < 4.78 is 0. The van der Waals surface area contributed by atoms with Crippen LogP contribution < -0.4 is 16.4 Å². The number of rotatable bonds is 21. The first-order chi connectivity index (χ1) is 26.5. The number of guanidine groups is 1. The molecule has 0 aliphatic rings. The molecule has 1 aromatic heterocycles. The van der Waals surface area contributed by atoms with Crippen molar-refractivity contribution in [2.75, 3.05) is 26.2 Å². The van der Waals surface area contributed by atoms with E-state index in [9.17, 15) is 29.6 Å². The Morgan fingerprint density at radius 2 is 1.53 bits per heavy atom. The van der Waals surface area contributed by atoms with Crippen molar-refractivity contribution in [1.29, 1.82) is 5.41 Å². The van der Waals surface area contributed by atoms with Crippen LogP contribution in [0.15, 0.2) is 91.1 Å². The summed E-state index contributed by atoms with van der Waals surface area (Å²) in [6, 6.07) is 23.9. The van der Waals surface area contributed by atoms with Crippen LogP contribution in [0.4, 0.5) is 9.59 Å². The minimum absolute atomic E-state index is 0.0552. The number of nitrogens with two attached hydrogens (primary N) is 1. The van der Waals surface area contributed by atoms with Crippen LogP contribution in [0.2, 0.25) is 0 Å². The molecule has 3 aromatic carbocycles. The molecule has 0 saturated heterocycles. The summed E-state index contributed by atoms with van der Waals surface area (Å²) in [7, 11) is 0. The molecule has 2 atom stereocenters. The maximum absolute atomic E-state index is 14.4. The Hall–Kier alpha value is -5.96. The average Bonchev–Trinajstić information content (AvgIpc) is 3.56. The van der Waals surface area contributed by atoms with Gasteiger partial charge in [-0.2, -0.15) is 5.01 Å². The first kappa shape index (κ1) is 41.8. The van der Waals surface area contributed by atoms with Crippen LogP contribution in [0, 0.1) is 15.5 Å². The number of carbonyl (C=O) groups excluding carboxylic acids is 2. The normalized spacial score (nSPS) is 12.2. The molecule has 7 N–H and O–H groups in total. The Morgan fingerprint density at radius 3 is 2.18 bits per heavy atom. The highest BCUT2D eigenvalue weighted by atomic mass is 16.6. The van der Waals surface area contributed by atoms with Crippen molar-refractivity contribution in [3.8, 4) is 0 Å². The van der Waals surface area contributed by atoms with E-state index in [-0.39, 0.29) is 32.4 Å². The second-order valence-electron chi connectivity index (χ2n) is 13.6. The van der Waals surface area contributed by atoms with Crippen LogP contribution in [0.25, 0.3) is 10.9 Å². The van der Waals surface area contributed by atoms with Crippen LogP contribution in [-0.2, 0) is 24.2 Å². The zero-order chi connectivity index (χ0) is 39.6.